The highest BCUT2D eigenvalue weighted by atomic mass is 15.1. The van der Waals surface area contributed by atoms with Crippen LogP contribution in [-0.4, -0.2) is 6.54 Å². The molecule has 0 amide bonds. The predicted octanol–water partition coefficient (Wildman–Crippen LogP) is 6.04. The van der Waals surface area contributed by atoms with Gasteiger partial charge in [-0.1, -0.05) is 50.3 Å². The molecule has 1 aliphatic rings. The first-order chi connectivity index (χ1) is 13.7. The summed E-state index contributed by atoms with van der Waals surface area (Å²) in [7, 11) is 0. The summed E-state index contributed by atoms with van der Waals surface area (Å²) < 4.78 is 2.34. The molecule has 0 N–H and O–H groups in total. The Balaban J connectivity index is 1.91. The molecule has 1 aromatic carbocycles. The summed E-state index contributed by atoms with van der Waals surface area (Å²) >= 11 is 0. The quantitative estimate of drug-likeness (QED) is 0.538. The normalized spacial score (nSPS) is 14.7. The zero-order valence-electron chi connectivity index (χ0n) is 17.4. The first-order valence-corrected chi connectivity index (χ1v) is 10.3. The summed E-state index contributed by atoms with van der Waals surface area (Å²) in [5.41, 5.74) is 7.58. The maximum Gasteiger partial charge on any atom is 0.208 e. The Labute approximate surface area is 169 Å². The Morgan fingerprint density at radius 2 is 1.86 bits per heavy atom. The zero-order valence-corrected chi connectivity index (χ0v) is 17.4. The topological polar surface area (TPSA) is 7.12 Å². The van der Waals surface area contributed by atoms with Crippen molar-refractivity contribution in [2.24, 2.45) is 0 Å². The number of hydrogen-bond acceptors (Lipinski definition) is 1. The largest absolute Gasteiger partial charge is 0.341 e. The molecule has 2 heterocycles. The lowest BCUT2D eigenvalue weighted by molar-refractivity contribution is -0.697. The standard InChI is InChI=1S/C26H31N2/c1-5-12-21-17-19-23(27(7-3)25(21)6-2)14-11-15-24-20-18-22-13-9-10-16-26(22)28(24)8-4/h6,9-11,13-20H,2,5,7-8,12H2,1,3-4H3/q+1. The molecule has 2 aromatic rings. The molecule has 3 rings (SSSR count). The van der Waals surface area contributed by atoms with E-state index in [9.17, 15) is 0 Å². The lowest BCUT2D eigenvalue weighted by Crippen LogP contribution is -2.40. The zero-order chi connectivity index (χ0) is 19.9. The summed E-state index contributed by atoms with van der Waals surface area (Å²) in [5, 5.41) is 0. The number of likely N-dealkylation sites (N-methyl/N-ethyl adjacent to an activating group) is 1. The Bertz CT molecular complexity index is 931. The fourth-order valence-corrected chi connectivity index (χ4v) is 3.92. The molecule has 2 nitrogen and oxygen atoms in total. The molecule has 0 saturated heterocycles. The lowest BCUT2D eigenvalue weighted by atomic mass is 10.1. The molecule has 0 fully saturated rings. The smallest absolute Gasteiger partial charge is 0.208 e. The molecular weight excluding hydrogens is 340 g/mol. The molecule has 2 heteroatoms. The number of nitrogens with zero attached hydrogens (tertiary/aromatic N) is 2. The van der Waals surface area contributed by atoms with E-state index >= 15 is 0 Å². The summed E-state index contributed by atoms with van der Waals surface area (Å²) in [6.45, 7) is 12.5. The van der Waals surface area contributed by atoms with Crippen LogP contribution in [0.4, 0.5) is 5.69 Å². The average molecular weight is 372 g/mol. The van der Waals surface area contributed by atoms with Gasteiger partial charge in [-0.2, -0.15) is 4.57 Å². The molecule has 0 atom stereocenters. The summed E-state index contributed by atoms with van der Waals surface area (Å²) in [4.78, 5) is 2.35. The van der Waals surface area contributed by atoms with Crippen LogP contribution in [0.25, 0.3) is 18.2 Å². The van der Waals surface area contributed by atoms with Crippen molar-refractivity contribution in [1.82, 2.24) is 0 Å². The van der Waals surface area contributed by atoms with Crippen LogP contribution in [-0.2, 0) is 13.0 Å². The van der Waals surface area contributed by atoms with Gasteiger partial charge in [-0.05, 0) is 50.1 Å². The van der Waals surface area contributed by atoms with Gasteiger partial charge >= 0.3 is 0 Å². The number of aryl methyl sites for hydroxylation is 1. The third-order valence-corrected chi connectivity index (χ3v) is 5.24. The van der Waals surface area contributed by atoms with Gasteiger partial charge in [0.05, 0.1) is 0 Å². The number of hydrogen-bond donors (Lipinski definition) is 0. The van der Waals surface area contributed by atoms with Gasteiger partial charge in [-0.3, -0.25) is 0 Å². The van der Waals surface area contributed by atoms with Crippen molar-refractivity contribution in [3.05, 3.63) is 89.4 Å². The van der Waals surface area contributed by atoms with E-state index in [-0.39, 0.29) is 0 Å². The molecule has 0 unspecified atom stereocenters. The Hall–Kier alpha value is -2.87. The lowest BCUT2D eigenvalue weighted by Gasteiger charge is -2.29. The van der Waals surface area contributed by atoms with Crippen molar-refractivity contribution in [2.45, 2.75) is 40.2 Å². The maximum absolute atomic E-state index is 4.05. The molecule has 0 saturated carbocycles. The molecule has 1 aromatic heterocycles. The van der Waals surface area contributed by atoms with Crippen molar-refractivity contribution in [3.8, 4) is 0 Å². The molecule has 144 valence electrons. The third-order valence-electron chi connectivity index (χ3n) is 5.24. The molecular formula is C26H31N2+. The summed E-state index contributed by atoms with van der Waals surface area (Å²) in [6.07, 6.45) is 15.2. The van der Waals surface area contributed by atoms with Crippen molar-refractivity contribution >= 4 is 23.9 Å². The first-order valence-electron chi connectivity index (χ1n) is 10.3. The molecule has 0 aliphatic carbocycles. The second-order valence-corrected chi connectivity index (χ2v) is 6.95. The van der Waals surface area contributed by atoms with Crippen molar-refractivity contribution in [2.75, 3.05) is 11.4 Å². The second-order valence-electron chi connectivity index (χ2n) is 6.95. The van der Waals surface area contributed by atoms with E-state index in [1.807, 2.05) is 6.08 Å². The number of pyridine rings is 1. The Morgan fingerprint density at radius 1 is 1.04 bits per heavy atom. The predicted molar refractivity (Wildman–Crippen MR) is 122 cm³/mol. The number of benzene rings is 1. The van der Waals surface area contributed by atoms with Gasteiger partial charge in [0, 0.05) is 41.7 Å². The Kier molecular flexibility index (Phi) is 6.65. The van der Waals surface area contributed by atoms with Crippen molar-refractivity contribution in [3.63, 3.8) is 0 Å². The van der Waals surface area contributed by atoms with Gasteiger partial charge in [0.2, 0.25) is 11.4 Å². The fraction of sp³-hybridized carbons (Fsp3) is 0.269. The van der Waals surface area contributed by atoms with Gasteiger partial charge in [0.15, 0.2) is 0 Å². The van der Waals surface area contributed by atoms with E-state index in [1.165, 1.54) is 33.9 Å². The highest BCUT2D eigenvalue weighted by molar-refractivity contribution is 5.76. The number of anilines is 1. The van der Waals surface area contributed by atoms with E-state index in [1.54, 1.807) is 0 Å². The van der Waals surface area contributed by atoms with E-state index in [0.29, 0.717) is 0 Å². The third kappa shape index (κ3) is 4.01. The van der Waals surface area contributed by atoms with Gasteiger partial charge in [0.25, 0.3) is 0 Å². The van der Waals surface area contributed by atoms with Crippen LogP contribution in [0.2, 0.25) is 0 Å². The van der Waals surface area contributed by atoms with Crippen molar-refractivity contribution < 1.29 is 4.57 Å². The summed E-state index contributed by atoms with van der Waals surface area (Å²) in [6, 6.07) is 13.0. The van der Waals surface area contributed by atoms with Crippen LogP contribution in [0, 0.1) is 0 Å². The highest BCUT2D eigenvalue weighted by Gasteiger charge is 2.16. The van der Waals surface area contributed by atoms with Crippen LogP contribution in [0.5, 0.6) is 0 Å². The van der Waals surface area contributed by atoms with E-state index in [4.69, 9.17) is 0 Å². The second kappa shape index (κ2) is 9.36. The maximum atomic E-state index is 4.05. The van der Waals surface area contributed by atoms with Crippen LogP contribution < -0.4 is 9.47 Å². The van der Waals surface area contributed by atoms with Gasteiger partial charge < -0.3 is 4.90 Å². The van der Waals surface area contributed by atoms with Crippen LogP contribution >= 0.6 is 0 Å². The minimum Gasteiger partial charge on any atom is -0.341 e. The minimum atomic E-state index is 0.934. The average Bonchev–Trinajstić information content (AvgIpc) is 2.74. The van der Waals surface area contributed by atoms with Crippen LogP contribution in [0.1, 0.15) is 49.7 Å². The minimum absolute atomic E-state index is 0.934. The van der Waals surface area contributed by atoms with Crippen LogP contribution in [0.15, 0.2) is 66.9 Å². The molecule has 0 bridgehead atoms. The van der Waals surface area contributed by atoms with Gasteiger partial charge in [-0.15, -0.1) is 0 Å². The van der Waals surface area contributed by atoms with Crippen LogP contribution in [0.3, 0.4) is 0 Å². The number of allylic oxidation sites excluding steroid dienone is 3. The first kappa shape index (κ1) is 19.9. The Morgan fingerprint density at radius 3 is 2.57 bits per heavy atom. The van der Waals surface area contributed by atoms with Gasteiger partial charge in [-0.25, -0.2) is 0 Å². The molecule has 1 aliphatic heterocycles. The van der Waals surface area contributed by atoms with Crippen molar-refractivity contribution in [1.29, 1.82) is 0 Å². The molecule has 28 heavy (non-hydrogen) atoms. The molecule has 0 spiro atoms. The molecule has 0 radical (unpaired) electrons. The number of fused-ring (bicyclic) bond motifs is 1. The SMILES string of the molecule is C=Cc1c(CCC)ccc(/C=C/C=C2/C=Cc3ccccc3N2CC)[n+]1CC. The van der Waals surface area contributed by atoms with Gasteiger partial charge in [0.1, 0.15) is 6.54 Å². The number of rotatable bonds is 7. The van der Waals surface area contributed by atoms with E-state index in [2.05, 4.69) is 104 Å². The number of para-hydroxylation sites is 1. The van der Waals surface area contributed by atoms with E-state index < -0.39 is 0 Å². The highest BCUT2D eigenvalue weighted by Crippen LogP contribution is 2.30. The number of aromatic nitrogens is 1. The monoisotopic (exact) mass is 371 g/mol. The van der Waals surface area contributed by atoms with E-state index in [0.717, 1.165) is 25.9 Å². The summed E-state index contributed by atoms with van der Waals surface area (Å²) in [5.74, 6) is 0. The fourth-order valence-electron chi connectivity index (χ4n) is 3.92.